The van der Waals surface area contributed by atoms with Gasteiger partial charge in [-0.2, -0.15) is 0 Å². The SMILES string of the molecule is O=C1CN(c2ccccc2)C(=O)C1C(=O)NCc1ccccc1. The number of amides is 2. The lowest BCUT2D eigenvalue weighted by atomic mass is 10.1. The summed E-state index contributed by atoms with van der Waals surface area (Å²) < 4.78 is 0. The number of nitrogens with one attached hydrogen (secondary N) is 1. The van der Waals surface area contributed by atoms with Gasteiger partial charge < -0.3 is 10.2 Å². The molecule has 1 aliphatic rings. The first-order valence-corrected chi connectivity index (χ1v) is 7.37. The van der Waals surface area contributed by atoms with E-state index >= 15 is 0 Å². The summed E-state index contributed by atoms with van der Waals surface area (Å²) in [7, 11) is 0. The summed E-state index contributed by atoms with van der Waals surface area (Å²) in [5.74, 6) is -2.63. The van der Waals surface area contributed by atoms with Crippen LogP contribution in [0.2, 0.25) is 0 Å². The zero-order valence-electron chi connectivity index (χ0n) is 12.4. The minimum Gasteiger partial charge on any atom is -0.351 e. The highest BCUT2D eigenvalue weighted by Crippen LogP contribution is 2.23. The molecular weight excluding hydrogens is 292 g/mol. The van der Waals surface area contributed by atoms with E-state index in [1.807, 2.05) is 36.4 Å². The minimum absolute atomic E-state index is 0.0632. The maximum atomic E-state index is 12.4. The van der Waals surface area contributed by atoms with Crippen molar-refractivity contribution < 1.29 is 14.4 Å². The molecule has 1 N–H and O–H groups in total. The molecule has 2 aromatic carbocycles. The van der Waals surface area contributed by atoms with Crippen molar-refractivity contribution >= 4 is 23.3 Å². The molecule has 0 bridgehead atoms. The molecule has 1 atom stereocenters. The van der Waals surface area contributed by atoms with Gasteiger partial charge in [-0.1, -0.05) is 48.5 Å². The third-order valence-electron chi connectivity index (χ3n) is 3.79. The lowest BCUT2D eigenvalue weighted by Crippen LogP contribution is -2.38. The minimum atomic E-state index is -1.25. The normalized spacial score (nSPS) is 17.4. The van der Waals surface area contributed by atoms with Crippen LogP contribution in [-0.2, 0) is 20.9 Å². The van der Waals surface area contributed by atoms with Gasteiger partial charge in [0.1, 0.15) is 0 Å². The molecule has 23 heavy (non-hydrogen) atoms. The average molecular weight is 308 g/mol. The van der Waals surface area contributed by atoms with Crippen molar-refractivity contribution in [1.29, 1.82) is 0 Å². The van der Waals surface area contributed by atoms with E-state index in [0.29, 0.717) is 12.2 Å². The smallest absolute Gasteiger partial charge is 0.247 e. The Bertz CT molecular complexity index is 728. The van der Waals surface area contributed by atoms with Gasteiger partial charge in [0.2, 0.25) is 11.8 Å². The summed E-state index contributed by atoms with van der Waals surface area (Å²) in [6, 6.07) is 18.2. The molecule has 5 heteroatoms. The monoisotopic (exact) mass is 308 g/mol. The Morgan fingerprint density at radius 3 is 2.26 bits per heavy atom. The zero-order chi connectivity index (χ0) is 16.2. The fraction of sp³-hybridized carbons (Fsp3) is 0.167. The van der Waals surface area contributed by atoms with Gasteiger partial charge in [-0.15, -0.1) is 0 Å². The first kappa shape index (κ1) is 15.0. The molecule has 1 aliphatic heterocycles. The second kappa shape index (κ2) is 6.44. The third kappa shape index (κ3) is 3.13. The lowest BCUT2D eigenvalue weighted by Gasteiger charge is -2.15. The Kier molecular flexibility index (Phi) is 4.19. The number of hydrogen-bond acceptors (Lipinski definition) is 3. The van der Waals surface area contributed by atoms with E-state index in [1.54, 1.807) is 24.3 Å². The topological polar surface area (TPSA) is 66.5 Å². The van der Waals surface area contributed by atoms with Gasteiger partial charge in [0.25, 0.3) is 0 Å². The standard InChI is InChI=1S/C18H16N2O3/c21-15-12-20(14-9-5-2-6-10-14)18(23)16(15)17(22)19-11-13-7-3-1-4-8-13/h1-10,16H,11-12H2,(H,19,22). The molecule has 2 amide bonds. The van der Waals surface area contributed by atoms with Crippen LogP contribution < -0.4 is 10.2 Å². The van der Waals surface area contributed by atoms with Gasteiger partial charge in [-0.25, -0.2) is 0 Å². The summed E-state index contributed by atoms with van der Waals surface area (Å²) in [5.41, 5.74) is 1.54. The largest absolute Gasteiger partial charge is 0.351 e. The van der Waals surface area contributed by atoms with Gasteiger partial charge in [-0.3, -0.25) is 14.4 Å². The molecule has 0 radical (unpaired) electrons. The highest BCUT2D eigenvalue weighted by Gasteiger charge is 2.44. The molecule has 3 rings (SSSR count). The van der Waals surface area contributed by atoms with Crippen molar-refractivity contribution in [3.8, 4) is 0 Å². The van der Waals surface area contributed by atoms with Crippen LogP contribution in [-0.4, -0.2) is 24.1 Å². The van der Waals surface area contributed by atoms with Gasteiger partial charge in [-0.05, 0) is 17.7 Å². The number of para-hydroxylation sites is 1. The van der Waals surface area contributed by atoms with Crippen LogP contribution in [0.1, 0.15) is 5.56 Å². The number of carbonyl (C=O) groups is 3. The number of nitrogens with zero attached hydrogens (tertiary/aromatic N) is 1. The molecule has 5 nitrogen and oxygen atoms in total. The number of anilines is 1. The number of Topliss-reactive ketones (excluding diaryl/α,β-unsaturated/α-hetero) is 1. The van der Waals surface area contributed by atoms with E-state index in [2.05, 4.69) is 5.32 Å². The Morgan fingerprint density at radius 1 is 1.00 bits per heavy atom. The molecule has 1 unspecified atom stereocenters. The van der Waals surface area contributed by atoms with Gasteiger partial charge >= 0.3 is 0 Å². The molecule has 0 spiro atoms. The average Bonchev–Trinajstić information content (AvgIpc) is 2.89. The van der Waals surface area contributed by atoms with Crippen molar-refractivity contribution in [2.75, 3.05) is 11.4 Å². The predicted molar refractivity (Wildman–Crippen MR) is 85.6 cm³/mol. The number of benzene rings is 2. The first-order chi connectivity index (χ1) is 11.2. The summed E-state index contributed by atoms with van der Waals surface area (Å²) in [4.78, 5) is 38.1. The first-order valence-electron chi connectivity index (χ1n) is 7.37. The molecule has 1 heterocycles. The summed E-state index contributed by atoms with van der Waals surface area (Å²) >= 11 is 0. The summed E-state index contributed by atoms with van der Waals surface area (Å²) in [5, 5.41) is 2.67. The molecular formula is C18H16N2O3. The van der Waals surface area contributed by atoms with E-state index in [-0.39, 0.29) is 12.3 Å². The molecule has 1 fully saturated rings. The fourth-order valence-corrected chi connectivity index (χ4v) is 2.59. The van der Waals surface area contributed by atoms with E-state index < -0.39 is 17.7 Å². The van der Waals surface area contributed by atoms with Crippen LogP contribution in [0.25, 0.3) is 0 Å². The van der Waals surface area contributed by atoms with Crippen molar-refractivity contribution in [2.24, 2.45) is 5.92 Å². The van der Waals surface area contributed by atoms with E-state index in [9.17, 15) is 14.4 Å². The summed E-state index contributed by atoms with van der Waals surface area (Å²) in [6.07, 6.45) is 0. The number of hydrogen-bond donors (Lipinski definition) is 1. The van der Waals surface area contributed by atoms with E-state index in [1.165, 1.54) is 4.90 Å². The third-order valence-corrected chi connectivity index (χ3v) is 3.79. The number of carbonyl (C=O) groups excluding carboxylic acids is 3. The van der Waals surface area contributed by atoms with Crippen molar-refractivity contribution in [3.63, 3.8) is 0 Å². The Labute approximate surface area is 133 Å². The second-order valence-electron chi connectivity index (χ2n) is 5.36. The number of rotatable bonds is 4. The van der Waals surface area contributed by atoms with Crippen molar-refractivity contribution in [2.45, 2.75) is 6.54 Å². The summed E-state index contributed by atoms with van der Waals surface area (Å²) in [6.45, 7) is 0.230. The fourth-order valence-electron chi connectivity index (χ4n) is 2.59. The Morgan fingerprint density at radius 2 is 1.61 bits per heavy atom. The van der Waals surface area contributed by atoms with Crippen LogP contribution in [0.4, 0.5) is 5.69 Å². The van der Waals surface area contributed by atoms with Crippen LogP contribution in [0, 0.1) is 5.92 Å². The van der Waals surface area contributed by atoms with Crippen molar-refractivity contribution in [3.05, 3.63) is 66.2 Å². The van der Waals surface area contributed by atoms with E-state index in [0.717, 1.165) is 5.56 Å². The molecule has 2 aromatic rings. The Hall–Kier alpha value is -2.95. The zero-order valence-corrected chi connectivity index (χ0v) is 12.4. The van der Waals surface area contributed by atoms with Gasteiger partial charge in [0.15, 0.2) is 11.7 Å². The van der Waals surface area contributed by atoms with Gasteiger partial charge in [0, 0.05) is 12.2 Å². The maximum absolute atomic E-state index is 12.4. The highest BCUT2D eigenvalue weighted by atomic mass is 16.2. The van der Waals surface area contributed by atoms with Crippen LogP contribution in [0.5, 0.6) is 0 Å². The molecule has 0 aromatic heterocycles. The Balaban J connectivity index is 1.69. The molecule has 0 saturated carbocycles. The molecule has 1 saturated heterocycles. The molecule has 116 valence electrons. The van der Waals surface area contributed by atoms with Crippen LogP contribution in [0.15, 0.2) is 60.7 Å². The molecule has 0 aliphatic carbocycles. The van der Waals surface area contributed by atoms with Crippen LogP contribution in [0.3, 0.4) is 0 Å². The van der Waals surface area contributed by atoms with Crippen LogP contribution >= 0.6 is 0 Å². The second-order valence-corrected chi connectivity index (χ2v) is 5.36. The van der Waals surface area contributed by atoms with Gasteiger partial charge in [0.05, 0.1) is 6.54 Å². The quantitative estimate of drug-likeness (QED) is 0.871. The lowest BCUT2D eigenvalue weighted by molar-refractivity contribution is -0.137. The highest BCUT2D eigenvalue weighted by molar-refractivity contribution is 6.28. The maximum Gasteiger partial charge on any atom is 0.247 e. The van der Waals surface area contributed by atoms with E-state index in [4.69, 9.17) is 0 Å². The number of ketones is 1. The van der Waals surface area contributed by atoms with Crippen molar-refractivity contribution in [1.82, 2.24) is 5.32 Å². The predicted octanol–water partition coefficient (Wildman–Crippen LogP) is 1.53.